The summed E-state index contributed by atoms with van der Waals surface area (Å²) in [6, 6.07) is 8.87. The highest BCUT2D eigenvalue weighted by Crippen LogP contribution is 2.53. The number of rotatable bonds is 18. The quantitative estimate of drug-likeness (QED) is 0.0751. The van der Waals surface area contributed by atoms with Crippen molar-refractivity contribution in [1.82, 2.24) is 25.1 Å². The second kappa shape index (κ2) is 19.8. The van der Waals surface area contributed by atoms with Gasteiger partial charge in [-0.25, -0.2) is 14.8 Å². The highest BCUT2D eigenvalue weighted by Gasteiger charge is 2.60. The molecule has 1 N–H and O–H groups in total. The van der Waals surface area contributed by atoms with Crippen LogP contribution >= 0.6 is 7.60 Å². The van der Waals surface area contributed by atoms with E-state index >= 15 is 0 Å². The second-order valence-corrected chi connectivity index (χ2v) is 15.8. The normalized spacial score (nSPS) is 19.2. The van der Waals surface area contributed by atoms with E-state index in [0.717, 1.165) is 20.3 Å². The first-order valence-electron chi connectivity index (χ1n) is 18.8. The minimum absolute atomic E-state index is 0.0564. The Kier molecular flexibility index (Phi) is 15.0. The van der Waals surface area contributed by atoms with Gasteiger partial charge in [0.15, 0.2) is 5.82 Å². The van der Waals surface area contributed by atoms with Gasteiger partial charge in [0.05, 0.1) is 25.3 Å². The van der Waals surface area contributed by atoms with Gasteiger partial charge in [-0.2, -0.15) is 0 Å². The molecule has 3 amide bonds. The number of amides is 3. The highest BCUT2D eigenvalue weighted by molar-refractivity contribution is 7.54. The fourth-order valence-electron chi connectivity index (χ4n) is 6.62. The van der Waals surface area contributed by atoms with Crippen molar-refractivity contribution < 1.29 is 61.3 Å². The average Bonchev–Trinajstić information content (AvgIpc) is 3.70. The third-order valence-electron chi connectivity index (χ3n) is 9.66. The van der Waals surface area contributed by atoms with Crippen LogP contribution in [0.2, 0.25) is 0 Å². The number of fused-ring (bicyclic) bond motifs is 1. The molecule has 2 unspecified atom stereocenters. The topological polar surface area (TPSA) is 222 Å². The van der Waals surface area contributed by atoms with Gasteiger partial charge in [0.2, 0.25) is 19.5 Å². The average molecular weight is 817 g/mol. The number of carbonyl (C=O) groups excluding carboxylic acids is 6. The van der Waals surface area contributed by atoms with Crippen LogP contribution in [0, 0.1) is 17.8 Å². The van der Waals surface area contributed by atoms with Crippen molar-refractivity contribution in [3.05, 3.63) is 42.1 Å². The number of nitrogens with one attached hydrogen (secondary N) is 1. The number of hydrogen-bond acceptors (Lipinski definition) is 16. The Balaban J connectivity index is 1.40. The zero-order valence-electron chi connectivity index (χ0n) is 32.5. The van der Waals surface area contributed by atoms with Gasteiger partial charge in [0.1, 0.15) is 17.6 Å². The summed E-state index contributed by atoms with van der Waals surface area (Å²) in [6.07, 6.45) is 0.277. The lowest BCUT2D eigenvalue weighted by Gasteiger charge is -2.36. The van der Waals surface area contributed by atoms with Gasteiger partial charge in [-0.15, -0.1) is 0 Å². The molecule has 1 aromatic carbocycles. The van der Waals surface area contributed by atoms with E-state index in [9.17, 15) is 33.3 Å². The van der Waals surface area contributed by atoms with Crippen LogP contribution in [0.5, 0.6) is 0 Å². The third kappa shape index (κ3) is 11.7. The fourth-order valence-corrected chi connectivity index (χ4v) is 8.03. The summed E-state index contributed by atoms with van der Waals surface area (Å²) in [5, 5.41) is 2.65. The number of piperazine rings is 1. The zero-order chi connectivity index (χ0) is 41.1. The van der Waals surface area contributed by atoms with Crippen molar-refractivity contribution in [2.45, 2.75) is 46.6 Å². The van der Waals surface area contributed by atoms with E-state index < -0.39 is 63.2 Å². The highest BCUT2D eigenvalue weighted by atomic mass is 31.2. The lowest BCUT2D eigenvalue weighted by molar-refractivity contribution is -0.150. The molecule has 5 rings (SSSR count). The van der Waals surface area contributed by atoms with E-state index in [2.05, 4.69) is 10.3 Å². The predicted octanol–water partition coefficient (Wildman–Crippen LogP) is 2.84. The van der Waals surface area contributed by atoms with Crippen LogP contribution in [-0.4, -0.2) is 134 Å². The Morgan fingerprint density at radius 3 is 2.04 bits per heavy atom. The van der Waals surface area contributed by atoms with Crippen LogP contribution in [0.3, 0.4) is 0 Å². The molecular weight excluding hydrogens is 767 g/mol. The smallest absolute Gasteiger partial charge is 0.409 e. The molecule has 57 heavy (non-hydrogen) atoms. The number of benzene rings is 1. The molecule has 2 aromatic rings. The van der Waals surface area contributed by atoms with Gasteiger partial charge in [-0.1, -0.05) is 43.7 Å². The Morgan fingerprint density at radius 2 is 1.46 bits per heavy atom. The van der Waals surface area contributed by atoms with E-state index in [1.54, 1.807) is 31.2 Å². The van der Waals surface area contributed by atoms with Gasteiger partial charge in [0.25, 0.3) is 5.91 Å². The maximum atomic E-state index is 14.2. The Bertz CT molecular complexity index is 1790. The summed E-state index contributed by atoms with van der Waals surface area (Å²) in [5.41, 5.74) is 0.499. The number of aromatic nitrogens is 2. The first kappa shape index (κ1) is 43.0. The van der Waals surface area contributed by atoms with Gasteiger partial charge < -0.3 is 39.0 Å². The van der Waals surface area contributed by atoms with Crippen molar-refractivity contribution in [3.8, 4) is 11.4 Å². The molecule has 2 saturated heterocycles. The first-order valence-corrected chi connectivity index (χ1v) is 20.6. The molecule has 0 radical (unpaired) electrons. The van der Waals surface area contributed by atoms with Crippen molar-refractivity contribution >= 4 is 49.2 Å². The monoisotopic (exact) mass is 816 g/mol. The SMILES string of the molecule is CCCCOC(=O)N1CCN(C(=O)[C@H](CP(=O)(OCOC(C)=O)OCOC(C)=O)NC(=O)c2cc(N3CC4C(C3)C4C(=O)OCC)nc(-c3ccccc3)n2)CC1. The molecule has 20 heteroatoms. The molecule has 3 atom stereocenters. The summed E-state index contributed by atoms with van der Waals surface area (Å²) >= 11 is 0. The zero-order valence-corrected chi connectivity index (χ0v) is 33.4. The summed E-state index contributed by atoms with van der Waals surface area (Å²) in [4.78, 5) is 90.5. The van der Waals surface area contributed by atoms with Gasteiger partial charge in [-0.3, -0.25) is 37.6 Å². The molecule has 3 fully saturated rings. The lowest BCUT2D eigenvalue weighted by atomic mass is 10.2. The Hall–Kier alpha value is -5.13. The first-order chi connectivity index (χ1) is 27.3. The summed E-state index contributed by atoms with van der Waals surface area (Å²) < 4.78 is 44.9. The largest absolute Gasteiger partial charge is 0.466 e. The van der Waals surface area contributed by atoms with E-state index in [-0.39, 0.29) is 68.0 Å². The Labute approximate surface area is 330 Å². The lowest BCUT2D eigenvalue weighted by Crippen LogP contribution is -2.57. The molecule has 1 aliphatic carbocycles. The number of hydrogen-bond donors (Lipinski definition) is 1. The van der Waals surface area contributed by atoms with Gasteiger partial charge in [0, 0.05) is 64.7 Å². The Morgan fingerprint density at radius 1 is 0.842 bits per heavy atom. The number of esters is 3. The van der Waals surface area contributed by atoms with Crippen molar-refractivity contribution in [2.75, 3.05) is 77.1 Å². The number of anilines is 1. The molecular formula is C37H49N6O13P. The molecule has 2 aliphatic heterocycles. The molecule has 310 valence electrons. The molecule has 3 heterocycles. The van der Waals surface area contributed by atoms with Crippen LogP contribution in [0.4, 0.5) is 10.6 Å². The molecule has 0 bridgehead atoms. The summed E-state index contributed by atoms with van der Waals surface area (Å²) in [6.45, 7) is 6.22. The number of unbranched alkanes of at least 4 members (excludes halogenated alkanes) is 1. The third-order valence-corrected chi connectivity index (χ3v) is 11.5. The van der Waals surface area contributed by atoms with Crippen LogP contribution in [0.25, 0.3) is 11.4 Å². The van der Waals surface area contributed by atoms with E-state index in [1.807, 2.05) is 17.9 Å². The molecule has 3 aliphatic rings. The van der Waals surface area contributed by atoms with Crippen molar-refractivity contribution in [3.63, 3.8) is 0 Å². The number of piperidine rings is 1. The van der Waals surface area contributed by atoms with Crippen molar-refractivity contribution in [1.29, 1.82) is 0 Å². The minimum atomic E-state index is -4.47. The number of ether oxygens (including phenoxy) is 4. The maximum Gasteiger partial charge on any atom is 0.409 e. The number of nitrogens with zero attached hydrogens (tertiary/aromatic N) is 5. The molecule has 0 spiro atoms. The molecule has 1 aromatic heterocycles. The molecule has 1 saturated carbocycles. The van der Waals surface area contributed by atoms with E-state index in [4.69, 9.17) is 33.0 Å². The van der Waals surface area contributed by atoms with Crippen LogP contribution < -0.4 is 10.2 Å². The minimum Gasteiger partial charge on any atom is -0.466 e. The van der Waals surface area contributed by atoms with Gasteiger partial charge >= 0.3 is 31.6 Å². The van der Waals surface area contributed by atoms with E-state index in [1.165, 1.54) is 15.9 Å². The second-order valence-electron chi connectivity index (χ2n) is 13.7. The van der Waals surface area contributed by atoms with E-state index in [0.29, 0.717) is 37.5 Å². The fraction of sp³-hybridized carbons (Fsp3) is 0.568. The maximum absolute atomic E-state index is 14.2. The standard InChI is InChI=1S/C37H49N6O13P/c1-5-7-17-52-37(49)42-15-13-41(14-16-42)35(47)30(21-57(50,55-22-53-24(3)44)56-23-54-25(4)45)39-34(46)29-18-31(40-33(38-29)26-11-9-8-10-12-26)43-19-27-28(20-43)32(27)36(48)51-6-2/h8-12,18,27-28,30,32H,5-7,13-17,19-23H2,1-4H3,(H,39,46)/t27?,28?,30-,32?/m0/s1. The van der Waals surface area contributed by atoms with Crippen LogP contribution in [-0.2, 0) is 51.7 Å². The number of carbonyl (C=O) groups is 6. The summed E-state index contributed by atoms with van der Waals surface area (Å²) in [7, 11) is -4.47. The van der Waals surface area contributed by atoms with Crippen molar-refractivity contribution in [2.24, 2.45) is 17.8 Å². The molecule has 19 nitrogen and oxygen atoms in total. The van der Waals surface area contributed by atoms with Gasteiger partial charge in [-0.05, 0) is 25.2 Å². The van der Waals surface area contributed by atoms with Crippen LogP contribution in [0.1, 0.15) is 51.0 Å². The summed E-state index contributed by atoms with van der Waals surface area (Å²) in [5.74, 6) is -2.64. The predicted molar refractivity (Wildman–Crippen MR) is 200 cm³/mol. The van der Waals surface area contributed by atoms with Crippen LogP contribution in [0.15, 0.2) is 36.4 Å².